The largest absolute Gasteiger partial charge is 0.456 e. The highest BCUT2D eigenvalue weighted by atomic mass is 32.1. The van der Waals surface area contributed by atoms with Crippen molar-refractivity contribution in [2.75, 3.05) is 0 Å². The lowest BCUT2D eigenvalue weighted by Gasteiger charge is -2.09. The minimum Gasteiger partial charge on any atom is -0.456 e. The molecule has 0 aliphatic rings. The third-order valence-electron chi connectivity index (χ3n) is 6.19. The molecule has 4 aromatic carbocycles. The summed E-state index contributed by atoms with van der Waals surface area (Å²) >= 11 is 1.82. The summed E-state index contributed by atoms with van der Waals surface area (Å²) in [6.45, 7) is 1.96. The highest BCUT2D eigenvalue weighted by Gasteiger charge is 2.16. The summed E-state index contributed by atoms with van der Waals surface area (Å²) in [6.07, 6.45) is 0. The molecule has 3 aromatic heterocycles. The average molecular weight is 443 g/mol. The Hall–Kier alpha value is -4.02. The Morgan fingerprint density at radius 1 is 0.606 bits per heavy atom. The van der Waals surface area contributed by atoms with Crippen LogP contribution in [0.2, 0.25) is 0 Å². The maximum atomic E-state index is 6.11. The van der Waals surface area contributed by atoms with E-state index in [1.165, 1.54) is 20.2 Å². The van der Waals surface area contributed by atoms with Crippen LogP contribution in [0.4, 0.5) is 0 Å². The van der Waals surface area contributed by atoms with Gasteiger partial charge in [-0.1, -0.05) is 60.7 Å². The van der Waals surface area contributed by atoms with Crippen LogP contribution in [0.3, 0.4) is 0 Å². The first-order valence-electron chi connectivity index (χ1n) is 10.9. The summed E-state index contributed by atoms with van der Waals surface area (Å²) < 4.78 is 8.68. The van der Waals surface area contributed by atoms with Crippen molar-refractivity contribution in [3.63, 3.8) is 0 Å². The fourth-order valence-corrected chi connectivity index (χ4v) is 5.95. The molecule has 0 spiro atoms. The van der Waals surface area contributed by atoms with Gasteiger partial charge in [-0.3, -0.25) is 0 Å². The van der Waals surface area contributed by atoms with Gasteiger partial charge in [0.2, 0.25) is 0 Å². The second-order valence-corrected chi connectivity index (χ2v) is 9.32. The van der Waals surface area contributed by atoms with Crippen molar-refractivity contribution in [3.8, 4) is 22.5 Å². The standard InChI is InChI=1S/C29H18N2OS/c1-17-30-22(18-10-6-13-25-28(18)20-8-2-4-12-24(20)32-25)16-23(31-17)19-11-7-15-27-29(19)21-9-3-5-14-26(21)33-27/h2-16H,1H3. The number of thiophene rings is 1. The molecule has 0 bridgehead atoms. The fourth-order valence-electron chi connectivity index (χ4n) is 4.82. The molecule has 156 valence electrons. The summed E-state index contributed by atoms with van der Waals surface area (Å²) in [5, 5.41) is 4.73. The molecule has 0 saturated heterocycles. The molecule has 4 heteroatoms. The van der Waals surface area contributed by atoms with Gasteiger partial charge >= 0.3 is 0 Å². The molecule has 0 radical (unpaired) electrons. The molecule has 0 N–H and O–H groups in total. The SMILES string of the molecule is Cc1nc(-c2cccc3oc4ccccc4c23)cc(-c2cccc3sc4ccccc4c23)n1. The smallest absolute Gasteiger partial charge is 0.136 e. The number of furan rings is 1. The number of aromatic nitrogens is 2. The van der Waals surface area contributed by atoms with Gasteiger partial charge in [0.1, 0.15) is 17.0 Å². The van der Waals surface area contributed by atoms with Crippen LogP contribution in [0, 0.1) is 6.92 Å². The molecule has 7 rings (SSSR count). The van der Waals surface area contributed by atoms with Gasteiger partial charge in [-0.15, -0.1) is 11.3 Å². The van der Waals surface area contributed by atoms with Crippen molar-refractivity contribution < 1.29 is 4.42 Å². The van der Waals surface area contributed by atoms with Gasteiger partial charge in [0.05, 0.1) is 11.4 Å². The minimum atomic E-state index is 0.754. The van der Waals surface area contributed by atoms with E-state index in [0.717, 1.165) is 50.3 Å². The van der Waals surface area contributed by atoms with Crippen LogP contribution in [0.15, 0.2) is 95.4 Å². The second-order valence-electron chi connectivity index (χ2n) is 8.24. The van der Waals surface area contributed by atoms with Gasteiger partial charge < -0.3 is 4.42 Å². The van der Waals surface area contributed by atoms with Crippen LogP contribution in [-0.2, 0) is 0 Å². The van der Waals surface area contributed by atoms with E-state index >= 15 is 0 Å². The minimum absolute atomic E-state index is 0.754. The Bertz CT molecular complexity index is 1710. The van der Waals surface area contributed by atoms with Gasteiger partial charge in [0.15, 0.2) is 0 Å². The van der Waals surface area contributed by atoms with E-state index in [9.17, 15) is 0 Å². The summed E-state index contributed by atoms with van der Waals surface area (Å²) in [7, 11) is 0. The lowest BCUT2D eigenvalue weighted by molar-refractivity contribution is 0.669. The molecule has 7 aromatic rings. The van der Waals surface area contributed by atoms with Crippen molar-refractivity contribution in [3.05, 3.63) is 96.8 Å². The molecule has 0 unspecified atom stereocenters. The number of hydrogen-bond acceptors (Lipinski definition) is 4. The van der Waals surface area contributed by atoms with Crippen LogP contribution in [0.1, 0.15) is 5.82 Å². The maximum absolute atomic E-state index is 6.11. The van der Waals surface area contributed by atoms with E-state index in [1.54, 1.807) is 0 Å². The van der Waals surface area contributed by atoms with Gasteiger partial charge in [-0.25, -0.2) is 9.97 Å². The number of rotatable bonds is 2. The Morgan fingerprint density at radius 2 is 1.24 bits per heavy atom. The Balaban J connectivity index is 1.52. The molecule has 0 atom stereocenters. The Labute approximate surface area is 194 Å². The zero-order valence-electron chi connectivity index (χ0n) is 17.9. The normalized spacial score (nSPS) is 11.8. The summed E-state index contributed by atoms with van der Waals surface area (Å²) in [4.78, 5) is 9.71. The molecule has 3 nitrogen and oxygen atoms in total. The predicted octanol–water partition coefficient (Wildman–Crippen LogP) is 8.39. The Kier molecular flexibility index (Phi) is 3.93. The van der Waals surface area contributed by atoms with E-state index in [1.807, 2.05) is 48.6 Å². The molecule has 0 fully saturated rings. The van der Waals surface area contributed by atoms with E-state index in [0.29, 0.717) is 0 Å². The quantitative estimate of drug-likeness (QED) is 0.270. The summed E-state index contributed by atoms with van der Waals surface area (Å²) in [6, 6.07) is 31.5. The number of para-hydroxylation sites is 1. The molecule has 0 aliphatic heterocycles. The summed E-state index contributed by atoms with van der Waals surface area (Å²) in [5.41, 5.74) is 5.81. The van der Waals surface area contributed by atoms with Crippen LogP contribution in [0.25, 0.3) is 64.6 Å². The number of nitrogens with zero attached hydrogens (tertiary/aromatic N) is 2. The zero-order chi connectivity index (χ0) is 21.9. The summed E-state index contributed by atoms with van der Waals surface area (Å²) in [5.74, 6) is 0.754. The highest BCUT2D eigenvalue weighted by molar-refractivity contribution is 7.25. The van der Waals surface area contributed by atoms with Gasteiger partial charge in [0, 0.05) is 42.1 Å². The van der Waals surface area contributed by atoms with E-state index in [2.05, 4.69) is 60.7 Å². The van der Waals surface area contributed by atoms with Gasteiger partial charge in [-0.2, -0.15) is 0 Å². The zero-order valence-corrected chi connectivity index (χ0v) is 18.7. The topological polar surface area (TPSA) is 38.9 Å². The lowest BCUT2D eigenvalue weighted by atomic mass is 10.00. The number of aryl methyl sites for hydroxylation is 1. The van der Waals surface area contributed by atoms with E-state index in [4.69, 9.17) is 14.4 Å². The molecule has 0 aliphatic carbocycles. The highest BCUT2D eigenvalue weighted by Crippen LogP contribution is 2.41. The number of fused-ring (bicyclic) bond motifs is 6. The van der Waals surface area contributed by atoms with Crippen LogP contribution in [-0.4, -0.2) is 9.97 Å². The van der Waals surface area contributed by atoms with Crippen molar-refractivity contribution in [1.82, 2.24) is 9.97 Å². The number of benzene rings is 4. The molecule has 33 heavy (non-hydrogen) atoms. The third kappa shape index (κ3) is 2.81. The second kappa shape index (κ2) is 6.99. The van der Waals surface area contributed by atoms with E-state index < -0.39 is 0 Å². The predicted molar refractivity (Wildman–Crippen MR) is 138 cm³/mol. The van der Waals surface area contributed by atoms with Gasteiger partial charge in [-0.05, 0) is 37.3 Å². The van der Waals surface area contributed by atoms with Crippen LogP contribution in [0.5, 0.6) is 0 Å². The molecule has 0 saturated carbocycles. The van der Waals surface area contributed by atoms with Gasteiger partial charge in [0.25, 0.3) is 0 Å². The molecular formula is C29H18N2OS. The first kappa shape index (κ1) is 18.5. The first-order valence-corrected chi connectivity index (χ1v) is 11.7. The number of hydrogen-bond donors (Lipinski definition) is 0. The van der Waals surface area contributed by atoms with Crippen molar-refractivity contribution >= 4 is 53.4 Å². The first-order chi connectivity index (χ1) is 16.3. The van der Waals surface area contributed by atoms with Crippen molar-refractivity contribution in [1.29, 1.82) is 0 Å². The van der Waals surface area contributed by atoms with Crippen LogP contribution >= 0.6 is 11.3 Å². The van der Waals surface area contributed by atoms with Crippen molar-refractivity contribution in [2.45, 2.75) is 6.92 Å². The Morgan fingerprint density at radius 3 is 2.09 bits per heavy atom. The molecular weight excluding hydrogens is 424 g/mol. The monoisotopic (exact) mass is 442 g/mol. The average Bonchev–Trinajstić information content (AvgIpc) is 3.42. The molecule has 0 amide bonds. The lowest BCUT2D eigenvalue weighted by Crippen LogP contribution is -1.95. The van der Waals surface area contributed by atoms with E-state index in [-0.39, 0.29) is 0 Å². The third-order valence-corrected chi connectivity index (χ3v) is 7.33. The molecule has 3 heterocycles. The van der Waals surface area contributed by atoms with Crippen LogP contribution < -0.4 is 0 Å². The fraction of sp³-hybridized carbons (Fsp3) is 0.0345. The van der Waals surface area contributed by atoms with Crippen molar-refractivity contribution in [2.24, 2.45) is 0 Å². The maximum Gasteiger partial charge on any atom is 0.136 e.